The summed E-state index contributed by atoms with van der Waals surface area (Å²) in [6, 6.07) is 0. The molecule has 0 unspecified atom stereocenters. The van der Waals surface area contributed by atoms with Gasteiger partial charge in [-0.3, -0.25) is 52.7 Å². The summed E-state index contributed by atoms with van der Waals surface area (Å²) in [5.74, 6) is -11.9. The third kappa shape index (κ3) is 80.7. The van der Waals surface area contributed by atoms with Gasteiger partial charge in [0.15, 0.2) is 48.5 Å². The van der Waals surface area contributed by atoms with Crippen molar-refractivity contribution >= 4 is 101 Å². The quantitative estimate of drug-likeness (QED) is 0.0378. The van der Waals surface area contributed by atoms with Gasteiger partial charge in [-0.1, -0.05) is 7.43 Å². The summed E-state index contributed by atoms with van der Waals surface area (Å²) < 4.78 is 147. The van der Waals surface area contributed by atoms with Crippen LogP contribution in [0.2, 0.25) is 0 Å². The van der Waals surface area contributed by atoms with Crippen molar-refractivity contribution in [2.45, 2.75) is 258 Å². The number of carbonyl (C=O) groups is 17. The number of hydrogen-bond donors (Lipinski definition) is 4. The number of ketones is 1. The van der Waals surface area contributed by atoms with E-state index in [-0.39, 0.29) is 98.4 Å². The first-order valence-electron chi connectivity index (χ1n) is 37.7. The SMILES string of the molecule is C.CCOC(=O)[C@H](C)OC(=O)CCCO.CCOC(=O)[C@H](C)OC(=O)CCCOC(C)=O.[2H]C([2H])(CCO)C(=O)O[C@@H](C)C(=O)OCC.[2H]C([2H])(CCOC(C)=O)C(=O)O[C@@H](C)C(=O)OCC.[2H]C([2H])(CO)CC(=O)O[C@@H](C)C(=O)OCC.[2H]C([2H])(CO)CC(=O)O[C@@H](C)C(C)=O.[2H]C([2H])(COC(C)=O)CC(=O)O[C@@H](C)C(=O)OCC. The number of carbonyl (C=O) groups excluding carboxylic acids is 17. The molecule has 0 aliphatic rings. The first-order valence-corrected chi connectivity index (χ1v) is 32.7. The van der Waals surface area contributed by atoms with E-state index in [9.17, 15) is 81.5 Å². The van der Waals surface area contributed by atoms with Gasteiger partial charge >= 0.3 is 95.5 Å². The summed E-state index contributed by atoms with van der Waals surface area (Å²) in [4.78, 5) is 187. The van der Waals surface area contributed by atoms with E-state index in [2.05, 4.69) is 61.6 Å². The van der Waals surface area contributed by atoms with Crippen molar-refractivity contribution in [3.63, 3.8) is 0 Å². The van der Waals surface area contributed by atoms with E-state index >= 15 is 0 Å². The summed E-state index contributed by atoms with van der Waals surface area (Å²) in [6.07, 6.45) is -19.4. The van der Waals surface area contributed by atoms with E-state index < -0.39 is 216 Å². The van der Waals surface area contributed by atoms with Gasteiger partial charge in [-0.2, -0.15) is 0 Å². The highest BCUT2D eigenvalue weighted by molar-refractivity contribution is 5.84. The highest BCUT2D eigenvalue weighted by atomic mass is 16.6. The smallest absolute Gasteiger partial charge is 0.347 e. The van der Waals surface area contributed by atoms with Gasteiger partial charge in [0.1, 0.15) is 0 Å². The highest BCUT2D eigenvalue weighted by Gasteiger charge is 2.24. The van der Waals surface area contributed by atoms with Gasteiger partial charge in [0.25, 0.3) is 0 Å². The van der Waals surface area contributed by atoms with E-state index in [0.717, 1.165) is 6.92 Å². The lowest BCUT2D eigenvalue weighted by Gasteiger charge is -2.11. The Morgan fingerprint density at radius 2 is 0.500 bits per heavy atom. The van der Waals surface area contributed by atoms with Crippen LogP contribution in [-0.4, -0.2) is 250 Å². The summed E-state index contributed by atoms with van der Waals surface area (Å²) in [6.45, 7) is 22.7. The normalized spacial score (nSPS) is 13.7. The Kier molecular flexibility index (Phi) is 66.4. The molecule has 0 saturated heterocycles. The van der Waals surface area contributed by atoms with Gasteiger partial charge in [-0.15, -0.1) is 0 Å². The van der Waals surface area contributed by atoms with E-state index in [1.807, 2.05) is 0 Å². The summed E-state index contributed by atoms with van der Waals surface area (Å²) in [5.41, 5.74) is 0. The first-order chi connectivity index (χ1) is 52.9. The van der Waals surface area contributed by atoms with Crippen molar-refractivity contribution in [1.29, 1.82) is 0 Å². The molecule has 618 valence electrons. The fourth-order valence-corrected chi connectivity index (χ4v) is 5.35. The van der Waals surface area contributed by atoms with Gasteiger partial charge in [0, 0.05) is 106 Å². The monoisotopic (exact) mass is 1550 g/mol. The number of aliphatic hydroxyl groups is 4. The lowest BCUT2D eigenvalue weighted by Crippen LogP contribution is -2.26. The van der Waals surface area contributed by atoms with Crippen molar-refractivity contribution < 1.29 is 191 Å². The Morgan fingerprint density at radius 1 is 0.274 bits per heavy atom. The molecular formula is C69H120O37. The Hall–Kier alpha value is -8.97. The Balaban J connectivity index is -0.000000196. The van der Waals surface area contributed by atoms with Gasteiger partial charge in [0.2, 0.25) is 0 Å². The van der Waals surface area contributed by atoms with Crippen LogP contribution in [0.3, 0.4) is 0 Å². The molecule has 7 atom stereocenters. The van der Waals surface area contributed by atoms with Crippen LogP contribution in [0.15, 0.2) is 0 Å². The van der Waals surface area contributed by atoms with Crippen LogP contribution in [-0.2, 0) is 157 Å². The predicted molar refractivity (Wildman–Crippen MR) is 369 cm³/mol. The summed E-state index contributed by atoms with van der Waals surface area (Å²) >= 11 is 0. The van der Waals surface area contributed by atoms with Crippen molar-refractivity contribution in [2.24, 2.45) is 0 Å². The van der Waals surface area contributed by atoms with E-state index in [1.54, 1.807) is 41.5 Å². The molecule has 4 N–H and O–H groups in total. The Labute approximate surface area is 634 Å². The number of aliphatic hydroxyl groups excluding tert-OH is 4. The Morgan fingerprint density at radius 3 is 0.755 bits per heavy atom. The molecule has 0 saturated carbocycles. The third-order valence-electron chi connectivity index (χ3n) is 10.2. The maximum atomic E-state index is 11.5. The molecule has 0 rings (SSSR count). The van der Waals surface area contributed by atoms with Crippen LogP contribution < -0.4 is 0 Å². The molecule has 0 radical (unpaired) electrons. The lowest BCUT2D eigenvalue weighted by molar-refractivity contribution is -0.166. The zero-order valence-electron chi connectivity index (χ0n) is 72.9. The molecule has 37 heteroatoms. The molecule has 0 aromatic carbocycles. The van der Waals surface area contributed by atoms with Gasteiger partial charge < -0.3 is 96.2 Å². The fourth-order valence-electron chi connectivity index (χ4n) is 5.35. The molecule has 37 nitrogen and oxygen atoms in total. The van der Waals surface area contributed by atoms with Crippen LogP contribution in [0.25, 0.3) is 0 Å². The molecule has 0 fully saturated rings. The van der Waals surface area contributed by atoms with Crippen molar-refractivity contribution in [3.05, 3.63) is 0 Å². The average molecular weight is 1550 g/mol. The predicted octanol–water partition coefficient (Wildman–Crippen LogP) is 4.15. The van der Waals surface area contributed by atoms with Crippen molar-refractivity contribution in [1.82, 2.24) is 0 Å². The average Bonchev–Trinajstić information content (AvgIpc) is 0.866. The number of Topliss-reactive ketones (excluding diaryl/α,β-unsaturated/α-hetero) is 1. The molecule has 0 spiro atoms. The molecule has 0 bridgehead atoms. The minimum absolute atomic E-state index is 0. The Bertz CT molecular complexity index is 2950. The number of hydrogen-bond acceptors (Lipinski definition) is 37. The van der Waals surface area contributed by atoms with Crippen molar-refractivity contribution in [2.75, 3.05) is 85.9 Å². The molecule has 106 heavy (non-hydrogen) atoms. The van der Waals surface area contributed by atoms with E-state index in [4.69, 9.17) is 48.3 Å². The first kappa shape index (κ1) is 91.2. The lowest BCUT2D eigenvalue weighted by atomic mass is 10.3. The molecule has 0 aliphatic heterocycles. The number of ether oxygens (including phenoxy) is 16. The van der Waals surface area contributed by atoms with Crippen LogP contribution in [0, 0.1) is 0 Å². The maximum Gasteiger partial charge on any atom is 0.347 e. The second-order valence-corrected chi connectivity index (χ2v) is 19.4. The number of rotatable bonds is 44. The van der Waals surface area contributed by atoms with Gasteiger partial charge in [0.05, 0.1) is 59.5 Å². The molecule has 0 amide bonds. The molecule has 0 aromatic heterocycles. The highest BCUT2D eigenvalue weighted by Crippen LogP contribution is 2.07. The van der Waals surface area contributed by atoms with Crippen LogP contribution >= 0.6 is 0 Å². The van der Waals surface area contributed by atoms with Crippen LogP contribution in [0.5, 0.6) is 0 Å². The summed E-state index contributed by atoms with van der Waals surface area (Å²) in [5, 5.41) is 34.1. The zero-order chi connectivity index (χ0) is 91.2. The van der Waals surface area contributed by atoms with Crippen LogP contribution in [0.1, 0.15) is 228 Å². The van der Waals surface area contributed by atoms with E-state index in [0.29, 0.717) is 12.8 Å². The fraction of sp³-hybridized carbons (Fsp3) is 0.754. The molecule has 0 aliphatic carbocycles. The third-order valence-corrected chi connectivity index (χ3v) is 10.2. The minimum Gasteiger partial charge on any atom is -0.466 e. The van der Waals surface area contributed by atoms with Crippen molar-refractivity contribution in [3.8, 4) is 0 Å². The molecule has 0 aromatic rings. The standard InChI is InChI=1S/3C11H18O6.3C9H16O5.C8H14O4.CH4/c3*1-4-15-11(14)8(2)17-10(13)6-5-7-16-9(3)12;3*1-3-13-9(12)7(2)14-8(11)5-4-6-10;1-6(10)7(2)12-8(11)4-3-5-9;/h3*8H,4-7H2,1-3H3;3*7,10H,3-6H2,1-2H3;7,9H,3-5H2,1-2H3;1H4/t3*8-;4*7-;/m0000000./s1/i6D2;5D2;;5D2;4D2;;3D2;. The largest absolute Gasteiger partial charge is 0.466 e. The second kappa shape index (κ2) is 77.1. The van der Waals surface area contributed by atoms with E-state index in [1.165, 1.54) is 69.2 Å². The molecular weight excluding hydrogens is 1420 g/mol. The summed E-state index contributed by atoms with van der Waals surface area (Å²) in [7, 11) is 0. The topological polar surface area (TPSA) is 519 Å². The van der Waals surface area contributed by atoms with Crippen LogP contribution in [0.4, 0.5) is 0 Å². The minimum atomic E-state index is -2.34. The molecule has 0 heterocycles. The number of esters is 16. The second-order valence-electron chi connectivity index (χ2n) is 19.4. The van der Waals surface area contributed by atoms with Gasteiger partial charge in [-0.25, -0.2) is 28.8 Å². The van der Waals surface area contributed by atoms with Gasteiger partial charge in [-0.05, 0) is 142 Å². The maximum absolute atomic E-state index is 11.5. The zero-order valence-corrected chi connectivity index (χ0v) is 62.9.